The van der Waals surface area contributed by atoms with Crippen molar-refractivity contribution < 1.29 is 9.90 Å². The zero-order valence-electron chi connectivity index (χ0n) is 19.1. The number of hydrogen-bond donors (Lipinski definition) is 2. The number of nitrogens with zero attached hydrogens (tertiary/aromatic N) is 2. The van der Waals surface area contributed by atoms with Crippen LogP contribution in [0.2, 0.25) is 0 Å². The van der Waals surface area contributed by atoms with Gasteiger partial charge in [-0.15, -0.1) is 0 Å². The smallest absolute Gasteiger partial charge is 0.251 e. The summed E-state index contributed by atoms with van der Waals surface area (Å²) in [5.41, 5.74) is 6.06. The number of nitrogens with one attached hydrogen (secondary N) is 1. The van der Waals surface area contributed by atoms with Gasteiger partial charge in [-0.2, -0.15) is 5.10 Å². The number of aliphatic hydroxyl groups is 1. The fourth-order valence-corrected chi connectivity index (χ4v) is 4.17. The van der Waals surface area contributed by atoms with Crippen LogP contribution in [0.15, 0.2) is 48.7 Å². The van der Waals surface area contributed by atoms with Gasteiger partial charge in [0.15, 0.2) is 0 Å². The molecular weight excluding hydrogens is 398 g/mol. The van der Waals surface area contributed by atoms with Gasteiger partial charge in [0, 0.05) is 22.4 Å². The van der Waals surface area contributed by atoms with Crippen LogP contribution in [0.25, 0.3) is 5.69 Å². The molecule has 0 saturated heterocycles. The maximum atomic E-state index is 12.9. The Labute approximate surface area is 189 Å². The summed E-state index contributed by atoms with van der Waals surface area (Å²) >= 11 is 0. The van der Waals surface area contributed by atoms with Crippen molar-refractivity contribution in [3.8, 4) is 17.5 Å². The molecule has 0 aliphatic heterocycles. The lowest BCUT2D eigenvalue weighted by Crippen LogP contribution is -2.31. The van der Waals surface area contributed by atoms with Crippen LogP contribution in [0.1, 0.15) is 71.0 Å². The first-order valence-electron chi connectivity index (χ1n) is 11.0. The second kappa shape index (κ2) is 8.64. The Kier molecular flexibility index (Phi) is 5.90. The average molecular weight is 428 g/mol. The van der Waals surface area contributed by atoms with Crippen LogP contribution in [-0.2, 0) is 6.42 Å². The first-order chi connectivity index (χ1) is 15.2. The van der Waals surface area contributed by atoms with E-state index in [9.17, 15) is 9.90 Å². The minimum absolute atomic E-state index is 0.0550. The zero-order valence-corrected chi connectivity index (χ0v) is 19.1. The lowest BCUT2D eigenvalue weighted by molar-refractivity contribution is 0.0932. The normalized spacial score (nSPS) is 15.5. The molecule has 32 heavy (non-hydrogen) atoms. The average Bonchev–Trinajstić information content (AvgIpc) is 3.17. The van der Waals surface area contributed by atoms with E-state index in [0.717, 1.165) is 36.1 Å². The van der Waals surface area contributed by atoms with Crippen molar-refractivity contribution in [2.24, 2.45) is 0 Å². The van der Waals surface area contributed by atoms with Gasteiger partial charge >= 0.3 is 0 Å². The van der Waals surface area contributed by atoms with E-state index in [4.69, 9.17) is 0 Å². The molecule has 3 aromatic rings. The number of carbonyl (C=O) groups excluding carboxylic acids is 1. The molecule has 0 spiro atoms. The molecule has 0 fully saturated rings. The number of benzene rings is 2. The molecule has 1 atom stereocenters. The van der Waals surface area contributed by atoms with Crippen molar-refractivity contribution in [2.45, 2.75) is 58.6 Å². The molecule has 5 nitrogen and oxygen atoms in total. The van der Waals surface area contributed by atoms with Gasteiger partial charge in [0.05, 0.1) is 17.9 Å². The molecule has 1 heterocycles. The molecule has 5 heteroatoms. The highest BCUT2D eigenvalue weighted by molar-refractivity contribution is 5.94. The van der Waals surface area contributed by atoms with Crippen molar-refractivity contribution >= 4 is 5.91 Å². The Morgan fingerprint density at radius 1 is 1.16 bits per heavy atom. The van der Waals surface area contributed by atoms with Crippen LogP contribution >= 0.6 is 0 Å². The number of aryl methyl sites for hydroxylation is 2. The number of fused-ring (bicyclic) bond motifs is 1. The van der Waals surface area contributed by atoms with E-state index in [1.807, 2.05) is 10.9 Å². The first-order valence-corrected chi connectivity index (χ1v) is 11.0. The van der Waals surface area contributed by atoms with Crippen molar-refractivity contribution in [3.63, 3.8) is 0 Å². The van der Waals surface area contributed by atoms with Crippen molar-refractivity contribution in [2.75, 3.05) is 0 Å². The summed E-state index contributed by atoms with van der Waals surface area (Å²) in [6.45, 7) is 7.47. The summed E-state index contributed by atoms with van der Waals surface area (Å²) in [6.07, 6.45) is 4.74. The summed E-state index contributed by atoms with van der Waals surface area (Å²) in [4.78, 5) is 12.9. The van der Waals surface area contributed by atoms with Gasteiger partial charge in [-0.25, -0.2) is 4.68 Å². The van der Waals surface area contributed by atoms with Crippen LogP contribution in [-0.4, -0.2) is 26.4 Å². The van der Waals surface area contributed by atoms with Crippen LogP contribution in [0.4, 0.5) is 0 Å². The minimum Gasteiger partial charge on any atom is -0.378 e. The third-order valence-electron chi connectivity index (χ3n) is 5.60. The topological polar surface area (TPSA) is 67.2 Å². The lowest BCUT2D eigenvalue weighted by Gasteiger charge is -2.24. The quantitative estimate of drug-likeness (QED) is 0.608. The highest BCUT2D eigenvalue weighted by atomic mass is 16.3. The van der Waals surface area contributed by atoms with Gasteiger partial charge in [0.2, 0.25) is 0 Å². The maximum absolute atomic E-state index is 12.9. The number of amides is 1. The summed E-state index contributed by atoms with van der Waals surface area (Å²) in [7, 11) is 0. The summed E-state index contributed by atoms with van der Waals surface area (Å²) < 4.78 is 2.02. The highest BCUT2D eigenvalue weighted by Crippen LogP contribution is 2.31. The number of hydrogen-bond acceptors (Lipinski definition) is 3. The van der Waals surface area contributed by atoms with Crippen LogP contribution in [0.5, 0.6) is 0 Å². The Morgan fingerprint density at radius 3 is 2.50 bits per heavy atom. The van der Waals surface area contributed by atoms with Gasteiger partial charge in [0.25, 0.3) is 5.91 Å². The van der Waals surface area contributed by atoms with Gasteiger partial charge in [0.1, 0.15) is 5.60 Å². The third-order valence-corrected chi connectivity index (χ3v) is 5.60. The van der Waals surface area contributed by atoms with E-state index >= 15 is 0 Å². The Bertz CT molecular complexity index is 1180. The monoisotopic (exact) mass is 427 g/mol. The largest absolute Gasteiger partial charge is 0.378 e. The minimum atomic E-state index is -1.05. The van der Waals surface area contributed by atoms with Gasteiger partial charge in [-0.1, -0.05) is 17.9 Å². The molecule has 1 amide bonds. The highest BCUT2D eigenvalue weighted by Gasteiger charge is 2.26. The van der Waals surface area contributed by atoms with Gasteiger partial charge < -0.3 is 10.4 Å². The summed E-state index contributed by atoms with van der Waals surface area (Å²) in [6, 6.07) is 13.5. The van der Waals surface area contributed by atoms with Crippen molar-refractivity contribution in [1.29, 1.82) is 0 Å². The van der Waals surface area contributed by atoms with Crippen LogP contribution in [0.3, 0.4) is 0 Å². The molecule has 1 aliphatic carbocycles. The Morgan fingerprint density at radius 2 is 1.84 bits per heavy atom. The molecule has 164 valence electrons. The molecule has 1 aliphatic rings. The van der Waals surface area contributed by atoms with E-state index in [0.29, 0.717) is 5.56 Å². The van der Waals surface area contributed by atoms with E-state index in [-0.39, 0.29) is 11.9 Å². The van der Waals surface area contributed by atoms with Gasteiger partial charge in [-0.05, 0) is 94.5 Å². The fourth-order valence-electron chi connectivity index (χ4n) is 4.17. The zero-order chi connectivity index (χ0) is 22.9. The van der Waals surface area contributed by atoms with E-state index in [2.05, 4.69) is 54.3 Å². The first kappa shape index (κ1) is 21.9. The van der Waals surface area contributed by atoms with Crippen LogP contribution < -0.4 is 5.32 Å². The van der Waals surface area contributed by atoms with Crippen LogP contribution in [0, 0.1) is 25.7 Å². The molecule has 0 radical (unpaired) electrons. The Balaban J connectivity index is 1.52. The van der Waals surface area contributed by atoms with Gasteiger partial charge in [-0.3, -0.25) is 4.79 Å². The predicted octanol–water partition coefficient (Wildman–Crippen LogP) is 4.42. The number of rotatable bonds is 3. The SMILES string of the molecule is Cc1cc(C)cc(-n2ncc3c2CCCC3NC(=O)c2ccc(C#CC(C)(C)O)cc2)c1. The second-order valence-corrected chi connectivity index (χ2v) is 9.11. The molecule has 2 N–H and O–H groups in total. The predicted molar refractivity (Wildman–Crippen MR) is 126 cm³/mol. The van der Waals surface area contributed by atoms with E-state index < -0.39 is 5.60 Å². The molecular formula is C27H29N3O2. The second-order valence-electron chi connectivity index (χ2n) is 9.11. The van der Waals surface area contributed by atoms with E-state index in [1.165, 1.54) is 16.8 Å². The third kappa shape index (κ3) is 4.92. The molecule has 0 saturated carbocycles. The summed E-state index contributed by atoms with van der Waals surface area (Å²) in [5, 5.41) is 17.6. The molecule has 1 unspecified atom stereocenters. The standard InChI is InChI=1S/C27H29N3O2/c1-18-14-19(2)16-22(15-18)30-25-7-5-6-24(23(25)17-28-30)29-26(31)21-10-8-20(9-11-21)12-13-27(3,4)32/h8-11,14-17,24,32H,5-7H2,1-4H3,(H,29,31). The molecule has 0 bridgehead atoms. The fraction of sp³-hybridized carbons (Fsp3) is 0.333. The molecule has 1 aromatic heterocycles. The summed E-state index contributed by atoms with van der Waals surface area (Å²) in [5.74, 6) is 5.60. The lowest BCUT2D eigenvalue weighted by atomic mass is 9.92. The van der Waals surface area contributed by atoms with Crippen molar-refractivity contribution in [3.05, 3.63) is 82.2 Å². The Hall–Kier alpha value is -3.36. The molecule has 4 rings (SSSR count). The van der Waals surface area contributed by atoms with Crippen molar-refractivity contribution in [1.82, 2.24) is 15.1 Å². The van der Waals surface area contributed by atoms with E-state index in [1.54, 1.807) is 38.1 Å². The maximum Gasteiger partial charge on any atom is 0.251 e. The number of aromatic nitrogens is 2. The number of carbonyl (C=O) groups is 1. The molecule has 2 aromatic carbocycles.